The van der Waals surface area contributed by atoms with Crippen LogP contribution in [0, 0.1) is 11.7 Å². The standard InChI is InChI=1S/C14H19FN2/c15-13-3-1-2-11(8-13)10-17-7-6-16-9-14(17)12-4-5-12/h1-3,8,12,14,16H,4-7,9-10H2. The van der Waals surface area contributed by atoms with Crippen molar-refractivity contribution in [1.29, 1.82) is 0 Å². The first-order chi connectivity index (χ1) is 8.33. The van der Waals surface area contributed by atoms with Crippen LogP contribution < -0.4 is 5.32 Å². The van der Waals surface area contributed by atoms with Crippen LogP contribution in [0.25, 0.3) is 0 Å². The molecular weight excluding hydrogens is 215 g/mol. The van der Waals surface area contributed by atoms with Crippen LogP contribution in [-0.2, 0) is 6.54 Å². The average molecular weight is 234 g/mol. The summed E-state index contributed by atoms with van der Waals surface area (Å²) in [6.07, 6.45) is 2.73. The van der Waals surface area contributed by atoms with Crippen molar-refractivity contribution in [1.82, 2.24) is 10.2 Å². The number of rotatable bonds is 3. The highest BCUT2D eigenvalue weighted by Crippen LogP contribution is 2.36. The van der Waals surface area contributed by atoms with Crippen LogP contribution >= 0.6 is 0 Å². The zero-order chi connectivity index (χ0) is 11.7. The van der Waals surface area contributed by atoms with E-state index in [0.717, 1.165) is 37.7 Å². The van der Waals surface area contributed by atoms with Crippen LogP contribution in [0.1, 0.15) is 18.4 Å². The van der Waals surface area contributed by atoms with E-state index < -0.39 is 0 Å². The van der Waals surface area contributed by atoms with E-state index in [-0.39, 0.29) is 5.82 Å². The van der Waals surface area contributed by atoms with Gasteiger partial charge in [-0.05, 0) is 36.5 Å². The van der Waals surface area contributed by atoms with Gasteiger partial charge < -0.3 is 5.32 Å². The highest BCUT2D eigenvalue weighted by Gasteiger charge is 2.36. The zero-order valence-electron chi connectivity index (χ0n) is 10.0. The summed E-state index contributed by atoms with van der Waals surface area (Å²) < 4.78 is 13.2. The Morgan fingerprint density at radius 2 is 2.24 bits per heavy atom. The van der Waals surface area contributed by atoms with E-state index in [9.17, 15) is 4.39 Å². The molecule has 92 valence electrons. The first kappa shape index (κ1) is 11.2. The fourth-order valence-electron chi connectivity index (χ4n) is 2.78. The summed E-state index contributed by atoms with van der Waals surface area (Å²) in [4.78, 5) is 2.52. The predicted octanol–water partition coefficient (Wildman–Crippen LogP) is 2.01. The maximum atomic E-state index is 13.2. The lowest BCUT2D eigenvalue weighted by Crippen LogP contribution is -2.51. The van der Waals surface area contributed by atoms with Crippen LogP contribution in [0.4, 0.5) is 4.39 Å². The molecule has 0 bridgehead atoms. The third-order valence-corrected chi connectivity index (χ3v) is 3.84. The highest BCUT2D eigenvalue weighted by molar-refractivity contribution is 5.16. The normalized spacial score (nSPS) is 26.1. The second-order valence-corrected chi connectivity index (χ2v) is 5.21. The van der Waals surface area contributed by atoms with Crippen molar-refractivity contribution in [3.8, 4) is 0 Å². The number of nitrogens with one attached hydrogen (secondary N) is 1. The van der Waals surface area contributed by atoms with Crippen LogP contribution in [0.15, 0.2) is 24.3 Å². The molecule has 1 saturated carbocycles. The summed E-state index contributed by atoms with van der Waals surface area (Å²) in [5.74, 6) is 0.747. The molecule has 1 atom stereocenters. The van der Waals surface area contributed by atoms with Gasteiger partial charge in [-0.25, -0.2) is 4.39 Å². The molecule has 1 N–H and O–H groups in total. The van der Waals surface area contributed by atoms with Gasteiger partial charge in [-0.15, -0.1) is 0 Å². The van der Waals surface area contributed by atoms with E-state index in [1.54, 1.807) is 12.1 Å². The van der Waals surface area contributed by atoms with Crippen LogP contribution in [0.2, 0.25) is 0 Å². The predicted molar refractivity (Wildman–Crippen MR) is 66.2 cm³/mol. The Kier molecular flexibility index (Phi) is 3.12. The molecular formula is C14H19FN2. The van der Waals surface area contributed by atoms with E-state index in [2.05, 4.69) is 10.2 Å². The lowest BCUT2D eigenvalue weighted by Gasteiger charge is -2.36. The fraction of sp³-hybridized carbons (Fsp3) is 0.571. The molecule has 3 heteroatoms. The smallest absolute Gasteiger partial charge is 0.123 e. The molecule has 2 aliphatic rings. The maximum absolute atomic E-state index is 13.2. The summed E-state index contributed by atoms with van der Waals surface area (Å²) in [7, 11) is 0. The summed E-state index contributed by atoms with van der Waals surface area (Å²) >= 11 is 0. The molecule has 17 heavy (non-hydrogen) atoms. The lowest BCUT2D eigenvalue weighted by atomic mass is 10.1. The van der Waals surface area contributed by atoms with Crippen LogP contribution in [0.5, 0.6) is 0 Å². The number of halogens is 1. The third kappa shape index (κ3) is 2.67. The number of nitrogens with zero attached hydrogens (tertiary/aromatic N) is 1. The lowest BCUT2D eigenvalue weighted by molar-refractivity contribution is 0.135. The topological polar surface area (TPSA) is 15.3 Å². The van der Waals surface area contributed by atoms with Gasteiger partial charge >= 0.3 is 0 Å². The molecule has 1 aromatic rings. The van der Waals surface area contributed by atoms with Gasteiger partial charge in [0.1, 0.15) is 5.82 Å². The summed E-state index contributed by atoms with van der Waals surface area (Å²) in [5.41, 5.74) is 1.09. The van der Waals surface area contributed by atoms with E-state index in [1.807, 2.05) is 6.07 Å². The van der Waals surface area contributed by atoms with Gasteiger partial charge in [0.25, 0.3) is 0 Å². The van der Waals surface area contributed by atoms with Gasteiger partial charge in [-0.3, -0.25) is 4.90 Å². The van der Waals surface area contributed by atoms with Gasteiger partial charge in [-0.2, -0.15) is 0 Å². The largest absolute Gasteiger partial charge is 0.314 e. The van der Waals surface area contributed by atoms with Gasteiger partial charge in [0.15, 0.2) is 0 Å². The molecule has 0 amide bonds. The van der Waals surface area contributed by atoms with E-state index in [4.69, 9.17) is 0 Å². The molecule has 2 nitrogen and oxygen atoms in total. The number of benzene rings is 1. The SMILES string of the molecule is Fc1cccc(CN2CCNCC2C2CC2)c1. The second-order valence-electron chi connectivity index (χ2n) is 5.21. The number of hydrogen-bond acceptors (Lipinski definition) is 2. The maximum Gasteiger partial charge on any atom is 0.123 e. The molecule has 3 rings (SSSR count). The van der Waals surface area contributed by atoms with E-state index >= 15 is 0 Å². The van der Waals surface area contributed by atoms with Gasteiger partial charge in [0, 0.05) is 32.2 Å². The molecule has 1 aliphatic heterocycles. The second kappa shape index (κ2) is 4.75. The van der Waals surface area contributed by atoms with Crippen molar-refractivity contribution >= 4 is 0 Å². The molecule has 1 aromatic carbocycles. The first-order valence-electron chi connectivity index (χ1n) is 6.52. The minimum Gasteiger partial charge on any atom is -0.314 e. The van der Waals surface area contributed by atoms with Crippen LogP contribution in [-0.4, -0.2) is 30.6 Å². The van der Waals surface area contributed by atoms with Crippen molar-refractivity contribution < 1.29 is 4.39 Å². The molecule has 1 aliphatic carbocycles. The molecule has 1 unspecified atom stereocenters. The number of piperazine rings is 1. The molecule has 0 aromatic heterocycles. The monoisotopic (exact) mass is 234 g/mol. The molecule has 0 spiro atoms. The quantitative estimate of drug-likeness (QED) is 0.860. The van der Waals surface area contributed by atoms with Crippen molar-refractivity contribution in [2.45, 2.75) is 25.4 Å². The third-order valence-electron chi connectivity index (χ3n) is 3.84. The molecule has 0 radical (unpaired) electrons. The van der Waals surface area contributed by atoms with Crippen LogP contribution in [0.3, 0.4) is 0 Å². The Labute approximate surface area is 102 Å². The Balaban J connectivity index is 1.69. The first-order valence-corrected chi connectivity index (χ1v) is 6.52. The number of hydrogen-bond donors (Lipinski definition) is 1. The Morgan fingerprint density at radius 1 is 1.35 bits per heavy atom. The van der Waals surface area contributed by atoms with E-state index in [0.29, 0.717) is 6.04 Å². The summed E-state index contributed by atoms with van der Waals surface area (Å²) in [5, 5.41) is 3.47. The Hall–Kier alpha value is -0.930. The van der Waals surface area contributed by atoms with Gasteiger partial charge in [0.2, 0.25) is 0 Å². The molecule has 1 heterocycles. The van der Waals surface area contributed by atoms with Crippen molar-refractivity contribution in [3.05, 3.63) is 35.6 Å². The van der Waals surface area contributed by atoms with Gasteiger partial charge in [-0.1, -0.05) is 12.1 Å². The Morgan fingerprint density at radius 3 is 3.00 bits per heavy atom. The minimum atomic E-state index is -0.124. The summed E-state index contributed by atoms with van der Waals surface area (Å²) in [6.45, 7) is 4.12. The minimum absolute atomic E-state index is 0.124. The fourth-order valence-corrected chi connectivity index (χ4v) is 2.78. The average Bonchev–Trinajstić information content (AvgIpc) is 3.14. The van der Waals surface area contributed by atoms with Crippen molar-refractivity contribution in [3.63, 3.8) is 0 Å². The van der Waals surface area contributed by atoms with Crippen molar-refractivity contribution in [2.24, 2.45) is 5.92 Å². The molecule has 1 saturated heterocycles. The highest BCUT2D eigenvalue weighted by atomic mass is 19.1. The molecule has 2 fully saturated rings. The zero-order valence-corrected chi connectivity index (χ0v) is 10.0. The van der Waals surface area contributed by atoms with Crippen molar-refractivity contribution in [2.75, 3.05) is 19.6 Å². The summed E-state index contributed by atoms with van der Waals surface area (Å²) in [6, 6.07) is 7.66. The van der Waals surface area contributed by atoms with E-state index in [1.165, 1.54) is 18.9 Å². The Bertz CT molecular complexity index is 390. The van der Waals surface area contributed by atoms with Gasteiger partial charge in [0.05, 0.1) is 0 Å².